The number of sulfone groups is 1. The second-order valence-electron chi connectivity index (χ2n) is 7.34. The SMILES string of the molecule is CN=C(NCCS(=O)(=O)c1ccccc1)NCC1(c2ccccc2)CCCC1. The monoisotopic (exact) mass is 399 g/mol. The average Bonchev–Trinajstić information content (AvgIpc) is 3.22. The molecule has 0 saturated heterocycles. The van der Waals surface area contributed by atoms with Crippen molar-refractivity contribution in [2.45, 2.75) is 36.0 Å². The molecule has 150 valence electrons. The normalized spacial score (nSPS) is 16.7. The maximum absolute atomic E-state index is 12.4. The van der Waals surface area contributed by atoms with Gasteiger partial charge < -0.3 is 10.6 Å². The highest BCUT2D eigenvalue weighted by molar-refractivity contribution is 7.91. The molecule has 2 N–H and O–H groups in total. The molecule has 0 heterocycles. The molecule has 1 fully saturated rings. The van der Waals surface area contributed by atoms with Gasteiger partial charge in [0.15, 0.2) is 15.8 Å². The van der Waals surface area contributed by atoms with Gasteiger partial charge in [-0.3, -0.25) is 4.99 Å². The molecule has 0 atom stereocenters. The fraction of sp³-hybridized carbons (Fsp3) is 0.409. The van der Waals surface area contributed by atoms with Crippen molar-refractivity contribution in [3.8, 4) is 0 Å². The molecular formula is C22H29N3O2S. The molecule has 1 aliphatic rings. The molecule has 1 saturated carbocycles. The predicted molar refractivity (Wildman–Crippen MR) is 114 cm³/mol. The van der Waals surface area contributed by atoms with E-state index in [0.29, 0.717) is 17.4 Å². The summed E-state index contributed by atoms with van der Waals surface area (Å²) in [4.78, 5) is 4.62. The van der Waals surface area contributed by atoms with Crippen molar-refractivity contribution in [2.24, 2.45) is 4.99 Å². The molecule has 1 aliphatic carbocycles. The van der Waals surface area contributed by atoms with Gasteiger partial charge in [-0.1, -0.05) is 61.4 Å². The minimum absolute atomic E-state index is 0.0293. The van der Waals surface area contributed by atoms with E-state index < -0.39 is 9.84 Å². The van der Waals surface area contributed by atoms with Crippen molar-refractivity contribution in [3.05, 3.63) is 66.2 Å². The molecule has 0 amide bonds. The van der Waals surface area contributed by atoms with Crippen LogP contribution < -0.4 is 10.6 Å². The number of aliphatic imine (C=N–C) groups is 1. The Balaban J connectivity index is 1.56. The fourth-order valence-electron chi connectivity index (χ4n) is 3.93. The van der Waals surface area contributed by atoms with E-state index >= 15 is 0 Å². The molecule has 0 aromatic heterocycles. The van der Waals surface area contributed by atoms with Gasteiger partial charge in [0.2, 0.25) is 0 Å². The van der Waals surface area contributed by atoms with Gasteiger partial charge in [-0.2, -0.15) is 0 Å². The Morgan fingerprint density at radius 3 is 2.18 bits per heavy atom. The summed E-state index contributed by atoms with van der Waals surface area (Å²) in [6.45, 7) is 1.11. The number of hydrogen-bond acceptors (Lipinski definition) is 3. The summed E-state index contributed by atoms with van der Waals surface area (Å²) >= 11 is 0. The third-order valence-electron chi connectivity index (χ3n) is 5.53. The third kappa shape index (κ3) is 4.93. The molecule has 3 rings (SSSR count). The van der Waals surface area contributed by atoms with Crippen LogP contribution in [0, 0.1) is 0 Å². The first-order chi connectivity index (χ1) is 13.6. The third-order valence-corrected chi connectivity index (χ3v) is 7.26. The topological polar surface area (TPSA) is 70.6 Å². The zero-order valence-corrected chi connectivity index (χ0v) is 17.2. The Kier molecular flexibility index (Phi) is 6.73. The highest BCUT2D eigenvalue weighted by Gasteiger charge is 2.35. The van der Waals surface area contributed by atoms with Crippen LogP contribution in [0.5, 0.6) is 0 Å². The molecule has 28 heavy (non-hydrogen) atoms. The van der Waals surface area contributed by atoms with Crippen LogP contribution >= 0.6 is 0 Å². The van der Waals surface area contributed by atoms with Crippen LogP contribution in [0.3, 0.4) is 0 Å². The minimum Gasteiger partial charge on any atom is -0.356 e. The number of guanidine groups is 1. The number of hydrogen-bond donors (Lipinski definition) is 2. The van der Waals surface area contributed by atoms with Gasteiger partial charge in [-0.25, -0.2) is 8.42 Å². The Hall–Kier alpha value is -2.34. The molecular weight excluding hydrogens is 370 g/mol. The lowest BCUT2D eigenvalue weighted by molar-refractivity contribution is 0.432. The molecule has 0 spiro atoms. The van der Waals surface area contributed by atoms with Crippen molar-refractivity contribution in [1.29, 1.82) is 0 Å². The van der Waals surface area contributed by atoms with E-state index in [4.69, 9.17) is 0 Å². The Morgan fingerprint density at radius 1 is 0.964 bits per heavy atom. The lowest BCUT2D eigenvalue weighted by Gasteiger charge is -2.30. The predicted octanol–water partition coefficient (Wildman–Crippen LogP) is 3.14. The van der Waals surface area contributed by atoms with Crippen molar-refractivity contribution in [1.82, 2.24) is 10.6 Å². The van der Waals surface area contributed by atoms with Crippen LogP contribution in [0.15, 0.2) is 70.6 Å². The number of benzene rings is 2. The van der Waals surface area contributed by atoms with Gasteiger partial charge in [0.1, 0.15) is 0 Å². The molecule has 2 aromatic carbocycles. The summed E-state index contributed by atoms with van der Waals surface area (Å²) in [7, 11) is -1.58. The highest BCUT2D eigenvalue weighted by atomic mass is 32.2. The second-order valence-corrected chi connectivity index (χ2v) is 9.45. The Bertz CT molecular complexity index is 875. The minimum atomic E-state index is -3.30. The van der Waals surface area contributed by atoms with Gasteiger partial charge in [-0.05, 0) is 30.5 Å². The molecule has 0 bridgehead atoms. The summed E-state index contributed by atoms with van der Waals surface area (Å²) in [5, 5.41) is 6.57. The first-order valence-corrected chi connectivity index (χ1v) is 11.5. The quantitative estimate of drug-likeness (QED) is 0.554. The van der Waals surface area contributed by atoms with E-state index in [-0.39, 0.29) is 11.2 Å². The molecule has 0 unspecified atom stereocenters. The number of nitrogens with zero attached hydrogens (tertiary/aromatic N) is 1. The van der Waals surface area contributed by atoms with E-state index in [2.05, 4.69) is 39.9 Å². The zero-order valence-electron chi connectivity index (χ0n) is 16.4. The standard InChI is InChI=1S/C22H29N3O2S/c1-23-21(24-16-17-28(26,27)20-12-6-3-7-13-20)25-18-22(14-8-9-15-22)19-10-4-2-5-11-19/h2-7,10-13H,8-9,14-18H2,1H3,(H2,23,24,25). The molecule has 0 radical (unpaired) electrons. The number of rotatable bonds is 7. The van der Waals surface area contributed by atoms with E-state index in [0.717, 1.165) is 19.4 Å². The van der Waals surface area contributed by atoms with E-state index in [1.807, 2.05) is 12.1 Å². The van der Waals surface area contributed by atoms with Crippen LogP contribution in [0.4, 0.5) is 0 Å². The molecule has 6 heteroatoms. The summed E-state index contributed by atoms with van der Waals surface area (Å²) in [6.07, 6.45) is 4.78. The highest BCUT2D eigenvalue weighted by Crippen LogP contribution is 2.40. The van der Waals surface area contributed by atoms with Crippen molar-refractivity contribution in [2.75, 3.05) is 25.9 Å². The molecule has 5 nitrogen and oxygen atoms in total. The van der Waals surface area contributed by atoms with Crippen LogP contribution in [-0.2, 0) is 15.3 Å². The van der Waals surface area contributed by atoms with Crippen LogP contribution in [0.1, 0.15) is 31.2 Å². The van der Waals surface area contributed by atoms with Crippen LogP contribution in [-0.4, -0.2) is 40.3 Å². The van der Waals surface area contributed by atoms with Gasteiger partial charge in [0.05, 0.1) is 10.6 Å². The Labute approximate surface area is 168 Å². The molecule has 2 aromatic rings. The largest absolute Gasteiger partial charge is 0.356 e. The van der Waals surface area contributed by atoms with Gasteiger partial charge >= 0.3 is 0 Å². The Morgan fingerprint density at radius 2 is 1.57 bits per heavy atom. The molecule has 0 aliphatic heterocycles. The van der Waals surface area contributed by atoms with Crippen molar-refractivity contribution in [3.63, 3.8) is 0 Å². The summed E-state index contributed by atoms with van der Waals surface area (Å²) in [5.41, 5.74) is 1.48. The van der Waals surface area contributed by atoms with E-state index in [9.17, 15) is 8.42 Å². The van der Waals surface area contributed by atoms with Gasteiger partial charge in [0, 0.05) is 25.6 Å². The second kappa shape index (κ2) is 9.24. The summed E-state index contributed by atoms with van der Waals surface area (Å²) < 4.78 is 24.8. The number of nitrogens with one attached hydrogen (secondary N) is 2. The van der Waals surface area contributed by atoms with Gasteiger partial charge in [0.25, 0.3) is 0 Å². The van der Waals surface area contributed by atoms with E-state index in [1.165, 1.54) is 18.4 Å². The summed E-state index contributed by atoms with van der Waals surface area (Å²) in [5.74, 6) is 0.673. The lowest BCUT2D eigenvalue weighted by atomic mass is 9.79. The van der Waals surface area contributed by atoms with Crippen LogP contribution in [0.2, 0.25) is 0 Å². The zero-order chi connectivity index (χ0) is 19.9. The average molecular weight is 400 g/mol. The first kappa shape index (κ1) is 20.4. The van der Waals surface area contributed by atoms with E-state index in [1.54, 1.807) is 31.3 Å². The van der Waals surface area contributed by atoms with Crippen molar-refractivity contribution < 1.29 is 8.42 Å². The fourth-order valence-corrected chi connectivity index (χ4v) is 5.11. The maximum Gasteiger partial charge on any atom is 0.191 e. The summed E-state index contributed by atoms with van der Waals surface area (Å²) in [6, 6.07) is 19.2. The lowest BCUT2D eigenvalue weighted by Crippen LogP contribution is -2.45. The maximum atomic E-state index is 12.4. The van der Waals surface area contributed by atoms with Crippen LogP contribution in [0.25, 0.3) is 0 Å². The van der Waals surface area contributed by atoms with Crippen molar-refractivity contribution >= 4 is 15.8 Å². The smallest absolute Gasteiger partial charge is 0.191 e. The van der Waals surface area contributed by atoms with Gasteiger partial charge in [-0.15, -0.1) is 0 Å². The first-order valence-electron chi connectivity index (χ1n) is 9.84.